The summed E-state index contributed by atoms with van der Waals surface area (Å²) in [5.41, 5.74) is -0.405. The highest BCUT2D eigenvalue weighted by molar-refractivity contribution is 7.90. The minimum absolute atomic E-state index is 0.0667. The highest BCUT2D eigenvalue weighted by atomic mass is 32.2. The summed E-state index contributed by atoms with van der Waals surface area (Å²) in [7, 11) is -0.879. The number of esters is 1. The fourth-order valence-corrected chi connectivity index (χ4v) is 3.39. The second-order valence-electron chi connectivity index (χ2n) is 5.81. The van der Waals surface area contributed by atoms with Gasteiger partial charge in [-0.05, 0) is 12.1 Å². The first-order chi connectivity index (χ1) is 15.3. The Kier molecular flexibility index (Phi) is 6.48. The van der Waals surface area contributed by atoms with E-state index < -0.39 is 32.6 Å². The van der Waals surface area contributed by atoms with E-state index in [1.165, 1.54) is 32.5 Å². The van der Waals surface area contributed by atoms with Gasteiger partial charge in [0.25, 0.3) is 10.0 Å². The number of methoxy groups -OCH3 is 3. The van der Waals surface area contributed by atoms with Gasteiger partial charge in [-0.2, -0.15) is 23.5 Å². The molecule has 3 rings (SSSR count). The van der Waals surface area contributed by atoms with Gasteiger partial charge in [-0.1, -0.05) is 6.07 Å². The molecule has 0 aliphatic rings. The summed E-state index contributed by atoms with van der Waals surface area (Å²) in [6.07, 6.45) is 2.58. The van der Waals surface area contributed by atoms with Gasteiger partial charge in [0.2, 0.25) is 22.7 Å². The van der Waals surface area contributed by atoms with Crippen LogP contribution in [0.2, 0.25) is 0 Å². The molecule has 0 bridgehead atoms. The lowest BCUT2D eigenvalue weighted by Gasteiger charge is -2.09. The van der Waals surface area contributed by atoms with Gasteiger partial charge in [-0.25, -0.2) is 24.0 Å². The number of amides is 2. The van der Waals surface area contributed by atoms with Crippen molar-refractivity contribution in [2.24, 2.45) is 0 Å². The van der Waals surface area contributed by atoms with Gasteiger partial charge in [-0.15, -0.1) is 0 Å². The van der Waals surface area contributed by atoms with Crippen molar-refractivity contribution in [3.05, 3.63) is 42.2 Å². The SMILES string of the molecule is COC(=O)c1cn(-c2ccccn2)nc1S(=O)(=O)NC(=O)Nc1nc(OC)cc(OC)n1. The summed E-state index contributed by atoms with van der Waals surface area (Å²) in [4.78, 5) is 36.2. The molecule has 32 heavy (non-hydrogen) atoms. The number of pyridine rings is 1. The quantitative estimate of drug-likeness (QED) is 0.463. The Labute approximate surface area is 181 Å². The fourth-order valence-electron chi connectivity index (χ4n) is 2.38. The van der Waals surface area contributed by atoms with Crippen molar-refractivity contribution in [1.82, 2.24) is 29.5 Å². The lowest BCUT2D eigenvalue weighted by atomic mass is 10.4. The zero-order valence-corrected chi connectivity index (χ0v) is 17.8. The normalized spacial score (nSPS) is 10.8. The van der Waals surface area contributed by atoms with E-state index in [4.69, 9.17) is 9.47 Å². The molecule has 0 atom stereocenters. The molecule has 0 saturated heterocycles. The molecule has 168 valence electrons. The Morgan fingerprint density at radius 2 is 1.75 bits per heavy atom. The minimum Gasteiger partial charge on any atom is -0.481 e. The maximum absolute atomic E-state index is 12.8. The van der Waals surface area contributed by atoms with Crippen molar-refractivity contribution < 1.29 is 32.2 Å². The highest BCUT2D eigenvalue weighted by Gasteiger charge is 2.30. The third-order valence-electron chi connectivity index (χ3n) is 3.77. The molecule has 2 N–H and O–H groups in total. The fraction of sp³-hybridized carbons (Fsp3) is 0.176. The molecular weight excluding hydrogens is 446 g/mol. The van der Waals surface area contributed by atoms with Crippen molar-refractivity contribution in [3.63, 3.8) is 0 Å². The summed E-state index contributed by atoms with van der Waals surface area (Å²) in [6.45, 7) is 0. The third-order valence-corrected chi connectivity index (χ3v) is 5.04. The molecule has 3 aromatic rings. The van der Waals surface area contributed by atoms with Crippen LogP contribution in [0.25, 0.3) is 5.82 Å². The Morgan fingerprint density at radius 1 is 1.06 bits per heavy atom. The Bertz CT molecular complexity index is 1220. The molecule has 14 nitrogen and oxygen atoms in total. The molecule has 0 aliphatic heterocycles. The van der Waals surface area contributed by atoms with E-state index >= 15 is 0 Å². The first-order valence-electron chi connectivity index (χ1n) is 8.67. The summed E-state index contributed by atoms with van der Waals surface area (Å²) < 4.78 is 42.9. The summed E-state index contributed by atoms with van der Waals surface area (Å²) in [5, 5.41) is 5.29. The van der Waals surface area contributed by atoms with Gasteiger partial charge in [0.1, 0.15) is 5.56 Å². The lowest BCUT2D eigenvalue weighted by Crippen LogP contribution is -2.35. The molecule has 3 aromatic heterocycles. The lowest BCUT2D eigenvalue weighted by molar-refractivity contribution is 0.0596. The largest absolute Gasteiger partial charge is 0.481 e. The van der Waals surface area contributed by atoms with Crippen LogP contribution in [0.4, 0.5) is 10.7 Å². The van der Waals surface area contributed by atoms with Crippen LogP contribution in [0.1, 0.15) is 10.4 Å². The van der Waals surface area contributed by atoms with Crippen LogP contribution in [0, 0.1) is 0 Å². The Balaban J connectivity index is 1.90. The molecule has 0 radical (unpaired) electrons. The summed E-state index contributed by atoms with van der Waals surface area (Å²) in [5.74, 6) is -0.899. The van der Waals surface area contributed by atoms with E-state index in [0.29, 0.717) is 0 Å². The zero-order chi connectivity index (χ0) is 23.3. The highest BCUT2D eigenvalue weighted by Crippen LogP contribution is 2.19. The van der Waals surface area contributed by atoms with Crippen LogP contribution in [-0.2, 0) is 14.8 Å². The number of nitrogens with one attached hydrogen (secondary N) is 2. The van der Waals surface area contributed by atoms with Crippen LogP contribution in [0.15, 0.2) is 41.7 Å². The maximum Gasteiger partial charge on any atom is 0.342 e. The van der Waals surface area contributed by atoms with E-state index in [9.17, 15) is 18.0 Å². The topological polar surface area (TPSA) is 177 Å². The van der Waals surface area contributed by atoms with Crippen molar-refractivity contribution in [2.45, 2.75) is 5.03 Å². The number of anilines is 1. The van der Waals surface area contributed by atoms with Gasteiger partial charge >= 0.3 is 12.0 Å². The van der Waals surface area contributed by atoms with Gasteiger partial charge in [-0.3, -0.25) is 5.32 Å². The number of hydrogen-bond acceptors (Lipinski definition) is 11. The van der Waals surface area contributed by atoms with Crippen LogP contribution in [-0.4, -0.2) is 66.5 Å². The molecule has 0 spiro atoms. The number of rotatable bonds is 7. The van der Waals surface area contributed by atoms with Crippen LogP contribution in [0.3, 0.4) is 0 Å². The number of aromatic nitrogens is 5. The minimum atomic E-state index is -4.62. The van der Waals surface area contributed by atoms with E-state index in [0.717, 1.165) is 18.0 Å². The standard InChI is InChI=1S/C17H17N7O7S/c1-29-12-8-13(30-2)20-16(19-12)21-17(26)23-32(27,28)14-10(15(25)31-3)9-24(22-14)11-6-4-5-7-18-11/h4-9H,1-3H3,(H2,19,20,21,23,26). The van der Waals surface area contributed by atoms with Crippen LogP contribution >= 0.6 is 0 Å². The number of urea groups is 1. The zero-order valence-electron chi connectivity index (χ0n) is 17.0. The Morgan fingerprint density at radius 3 is 2.31 bits per heavy atom. The van der Waals surface area contributed by atoms with Crippen LogP contribution < -0.4 is 19.5 Å². The summed E-state index contributed by atoms with van der Waals surface area (Å²) in [6, 6.07) is 4.96. The van der Waals surface area contributed by atoms with Crippen molar-refractivity contribution >= 4 is 28.0 Å². The van der Waals surface area contributed by atoms with Crippen LogP contribution in [0.5, 0.6) is 11.8 Å². The predicted molar refractivity (Wildman–Crippen MR) is 107 cm³/mol. The second-order valence-corrected chi connectivity index (χ2v) is 7.41. The molecule has 0 aliphatic carbocycles. The molecule has 0 aromatic carbocycles. The van der Waals surface area contributed by atoms with E-state index in [-0.39, 0.29) is 23.5 Å². The Hall–Kier alpha value is -4.27. The molecule has 0 unspecified atom stereocenters. The maximum atomic E-state index is 12.8. The second kappa shape index (κ2) is 9.25. The smallest absolute Gasteiger partial charge is 0.342 e. The van der Waals surface area contributed by atoms with E-state index in [1.807, 2.05) is 0 Å². The first kappa shape index (κ1) is 22.4. The van der Waals surface area contributed by atoms with Gasteiger partial charge in [0.05, 0.1) is 27.4 Å². The molecule has 3 heterocycles. The van der Waals surface area contributed by atoms with Gasteiger partial charge < -0.3 is 14.2 Å². The van der Waals surface area contributed by atoms with E-state index in [1.54, 1.807) is 16.9 Å². The molecule has 2 amide bonds. The third kappa shape index (κ3) is 4.89. The molecular formula is C17H17N7O7S. The van der Waals surface area contributed by atoms with E-state index in [2.05, 4.69) is 30.1 Å². The average molecular weight is 463 g/mol. The summed E-state index contributed by atoms with van der Waals surface area (Å²) >= 11 is 0. The number of carbonyl (C=O) groups excluding carboxylic acids is 2. The first-order valence-corrected chi connectivity index (χ1v) is 10.2. The number of hydrogen-bond donors (Lipinski definition) is 2. The molecule has 0 fully saturated rings. The van der Waals surface area contributed by atoms with Crippen molar-refractivity contribution in [2.75, 3.05) is 26.6 Å². The number of ether oxygens (including phenoxy) is 3. The van der Waals surface area contributed by atoms with Crippen molar-refractivity contribution in [3.8, 4) is 17.6 Å². The van der Waals surface area contributed by atoms with Gasteiger partial charge in [0.15, 0.2) is 5.82 Å². The average Bonchev–Trinajstić information content (AvgIpc) is 3.25. The number of nitrogens with zero attached hydrogens (tertiary/aromatic N) is 5. The van der Waals surface area contributed by atoms with Gasteiger partial charge in [0, 0.05) is 12.4 Å². The molecule has 0 saturated carbocycles. The predicted octanol–water partition coefficient (Wildman–Crippen LogP) is 0.371. The monoisotopic (exact) mass is 463 g/mol. The number of sulfonamides is 1. The number of carbonyl (C=O) groups is 2. The van der Waals surface area contributed by atoms with Crippen molar-refractivity contribution in [1.29, 1.82) is 0 Å². The molecule has 15 heteroatoms.